The molecule has 1 aliphatic carbocycles. The predicted molar refractivity (Wildman–Crippen MR) is 56.6 cm³/mol. The van der Waals surface area contributed by atoms with Crippen molar-refractivity contribution in [2.24, 2.45) is 5.92 Å². The van der Waals surface area contributed by atoms with E-state index < -0.39 is 21.8 Å². The van der Waals surface area contributed by atoms with Gasteiger partial charge in [0.1, 0.15) is 0 Å². The number of allylic oxidation sites excluding steroid dienone is 4. The quantitative estimate of drug-likeness (QED) is 0.701. The maximum atomic E-state index is 2.50. The molecule has 0 radical (unpaired) electrons. The van der Waals surface area contributed by atoms with Crippen molar-refractivity contribution in [3.63, 3.8) is 0 Å². The van der Waals surface area contributed by atoms with Crippen LogP contribution in [0.1, 0.15) is 33.1 Å². The van der Waals surface area contributed by atoms with Crippen molar-refractivity contribution in [1.82, 2.24) is 0 Å². The first-order valence-electron chi connectivity index (χ1n) is 5.30. The van der Waals surface area contributed by atoms with Gasteiger partial charge in [0.15, 0.2) is 0 Å². The van der Waals surface area contributed by atoms with Gasteiger partial charge in [-0.3, -0.25) is 0 Å². The van der Waals surface area contributed by atoms with E-state index in [1.165, 1.54) is 19.3 Å². The van der Waals surface area contributed by atoms with Crippen LogP contribution in [0.15, 0.2) is 21.0 Å². The van der Waals surface area contributed by atoms with Crippen molar-refractivity contribution in [2.75, 3.05) is 0 Å². The van der Waals surface area contributed by atoms with Crippen LogP contribution in [-0.4, -0.2) is 0 Å². The topological polar surface area (TPSA) is 0 Å². The fourth-order valence-corrected chi connectivity index (χ4v) is 5.14. The summed E-state index contributed by atoms with van der Waals surface area (Å²) in [5, 5.41) is 0. The summed E-state index contributed by atoms with van der Waals surface area (Å²) in [6.07, 6.45) is 8.72. The van der Waals surface area contributed by atoms with Gasteiger partial charge in [-0.25, -0.2) is 0 Å². The molecule has 0 saturated heterocycles. The summed E-state index contributed by atoms with van der Waals surface area (Å²) in [4.78, 5) is 0. The van der Waals surface area contributed by atoms with Crippen molar-refractivity contribution < 1.29 is 21.8 Å². The third-order valence-corrected chi connectivity index (χ3v) is 6.88. The Bertz CT molecular complexity index is 221. The molecule has 0 nitrogen and oxygen atoms in total. The van der Waals surface area contributed by atoms with Crippen LogP contribution < -0.4 is 0 Å². The Kier molecular flexibility index (Phi) is 4.66. The molecular weight excluding hydrogens is 235 g/mol. The second-order valence-electron chi connectivity index (χ2n) is 4.54. The molecule has 0 heterocycles. The molecule has 0 aromatic heterocycles. The zero-order valence-electron chi connectivity index (χ0n) is 9.35. The number of hydrogen-bond acceptors (Lipinski definition) is 0. The van der Waals surface area contributed by atoms with E-state index in [2.05, 4.69) is 35.3 Å². The standard InChI is InChI=1S/C10H15.2CH3.Zr/c1-9(2)7-8-10-5-3-4-6-10;;;/h3,5,9H,4,7-8H2,1-2H3;2*1H3;. The Labute approximate surface area is 90.8 Å². The molecule has 0 spiro atoms. The zero-order valence-corrected chi connectivity index (χ0v) is 11.8. The first kappa shape index (κ1) is 11.4. The molecular formula is C12H21Zr. The van der Waals surface area contributed by atoms with Crippen LogP contribution in [0.2, 0.25) is 9.26 Å². The molecule has 1 heteroatoms. The van der Waals surface area contributed by atoms with Crippen molar-refractivity contribution >= 4 is 0 Å². The molecule has 0 bridgehead atoms. The summed E-state index contributed by atoms with van der Waals surface area (Å²) in [7, 11) is 0. The van der Waals surface area contributed by atoms with Gasteiger partial charge < -0.3 is 0 Å². The Balaban J connectivity index is 2.54. The van der Waals surface area contributed by atoms with E-state index in [9.17, 15) is 0 Å². The van der Waals surface area contributed by atoms with E-state index in [0.717, 1.165) is 5.92 Å². The van der Waals surface area contributed by atoms with Crippen LogP contribution in [0.5, 0.6) is 0 Å². The Morgan fingerprint density at radius 3 is 2.62 bits per heavy atom. The normalized spacial score (nSPS) is 16.1. The Morgan fingerprint density at radius 2 is 2.08 bits per heavy atom. The Morgan fingerprint density at radius 1 is 1.38 bits per heavy atom. The second-order valence-corrected chi connectivity index (χ2v) is 10.9. The predicted octanol–water partition coefficient (Wildman–Crippen LogP) is 4.35. The molecule has 0 aromatic carbocycles. The molecule has 0 saturated carbocycles. The van der Waals surface area contributed by atoms with Crippen molar-refractivity contribution in [1.29, 1.82) is 0 Å². The first-order chi connectivity index (χ1) is 6.11. The summed E-state index contributed by atoms with van der Waals surface area (Å²) in [5.74, 6) is 0.850. The molecule has 0 atom stereocenters. The molecule has 1 aliphatic rings. The molecule has 13 heavy (non-hydrogen) atoms. The minimum absolute atomic E-state index is 0.850. The van der Waals surface area contributed by atoms with E-state index in [-0.39, 0.29) is 0 Å². The summed E-state index contributed by atoms with van der Waals surface area (Å²) in [6.45, 7) is 4.63. The summed E-state index contributed by atoms with van der Waals surface area (Å²) in [5.41, 5.74) is 1.70. The average molecular weight is 257 g/mol. The van der Waals surface area contributed by atoms with Gasteiger partial charge in [0, 0.05) is 0 Å². The van der Waals surface area contributed by atoms with E-state index in [0.29, 0.717) is 0 Å². The van der Waals surface area contributed by atoms with Gasteiger partial charge in [-0.2, -0.15) is 0 Å². The first-order valence-corrected chi connectivity index (χ1v) is 11.4. The van der Waals surface area contributed by atoms with Crippen molar-refractivity contribution in [3.8, 4) is 0 Å². The van der Waals surface area contributed by atoms with Gasteiger partial charge in [0.05, 0.1) is 0 Å². The van der Waals surface area contributed by atoms with Crippen LogP contribution in [0.4, 0.5) is 0 Å². The van der Waals surface area contributed by atoms with Crippen LogP contribution >= 0.6 is 0 Å². The van der Waals surface area contributed by atoms with Crippen molar-refractivity contribution in [2.45, 2.75) is 42.4 Å². The van der Waals surface area contributed by atoms with Crippen LogP contribution in [0, 0.1) is 5.92 Å². The van der Waals surface area contributed by atoms with E-state index in [1.54, 1.807) is 5.57 Å². The molecule has 0 unspecified atom stereocenters. The van der Waals surface area contributed by atoms with Gasteiger partial charge in [-0.1, -0.05) is 0 Å². The van der Waals surface area contributed by atoms with Crippen LogP contribution in [-0.2, 0) is 21.8 Å². The van der Waals surface area contributed by atoms with Gasteiger partial charge >= 0.3 is 91.0 Å². The fourth-order valence-electron chi connectivity index (χ4n) is 1.75. The van der Waals surface area contributed by atoms with Gasteiger partial charge in [0.25, 0.3) is 0 Å². The molecule has 0 aliphatic heterocycles. The number of hydrogen-bond donors (Lipinski definition) is 0. The van der Waals surface area contributed by atoms with Crippen LogP contribution in [0.3, 0.4) is 0 Å². The van der Waals surface area contributed by atoms with Gasteiger partial charge in [-0.05, 0) is 0 Å². The minimum atomic E-state index is -1.05. The fraction of sp³-hybridized carbons (Fsp3) is 0.667. The summed E-state index contributed by atoms with van der Waals surface area (Å²) in [6, 6.07) is 0. The molecule has 73 valence electrons. The average Bonchev–Trinajstić information content (AvgIpc) is 2.47. The molecule has 0 amide bonds. The monoisotopic (exact) mass is 255 g/mol. The zero-order chi connectivity index (χ0) is 9.84. The number of rotatable bonds is 4. The molecule has 0 N–H and O–H groups in total. The van der Waals surface area contributed by atoms with Gasteiger partial charge in [0.2, 0.25) is 0 Å². The Hall–Kier alpha value is 0.363. The third kappa shape index (κ3) is 3.54. The molecule has 0 aromatic rings. The van der Waals surface area contributed by atoms with E-state index in [4.69, 9.17) is 0 Å². The second kappa shape index (κ2) is 5.30. The molecule has 1 rings (SSSR count). The van der Waals surface area contributed by atoms with Crippen LogP contribution in [0.25, 0.3) is 0 Å². The summed E-state index contributed by atoms with van der Waals surface area (Å²) >= 11 is -1.05. The SMILES string of the molecule is CC(C)CCC1=[C]([Zr]([CH3])[CH3])CC=C1. The summed E-state index contributed by atoms with van der Waals surface area (Å²) < 4.78 is 6.86. The molecule has 0 fully saturated rings. The third-order valence-electron chi connectivity index (χ3n) is 2.62. The van der Waals surface area contributed by atoms with E-state index in [1.807, 2.05) is 3.28 Å². The maximum absolute atomic E-state index is 2.50. The van der Waals surface area contributed by atoms with Gasteiger partial charge in [-0.15, -0.1) is 0 Å². The van der Waals surface area contributed by atoms with E-state index >= 15 is 0 Å². The van der Waals surface area contributed by atoms with Crippen molar-refractivity contribution in [3.05, 3.63) is 21.0 Å².